The van der Waals surface area contributed by atoms with Crippen molar-refractivity contribution in [2.24, 2.45) is 0 Å². The minimum atomic E-state index is -0.306. The van der Waals surface area contributed by atoms with E-state index in [4.69, 9.17) is 4.74 Å². The number of amides is 2. The number of fused-ring (bicyclic) bond motifs is 1. The monoisotopic (exact) mass is 382 g/mol. The fourth-order valence-electron chi connectivity index (χ4n) is 3.95. The van der Waals surface area contributed by atoms with E-state index in [0.29, 0.717) is 38.4 Å². The summed E-state index contributed by atoms with van der Waals surface area (Å²) in [5, 5.41) is 7.04. The summed E-state index contributed by atoms with van der Waals surface area (Å²) in [6, 6.07) is 9.90. The lowest BCUT2D eigenvalue weighted by molar-refractivity contribution is -0.145. The fraction of sp³-hybridized carbons (Fsp3) is 0.476. The number of aryl methyl sites for hydroxylation is 1. The summed E-state index contributed by atoms with van der Waals surface area (Å²) in [6.45, 7) is 4.48. The van der Waals surface area contributed by atoms with Gasteiger partial charge < -0.3 is 15.0 Å². The van der Waals surface area contributed by atoms with Crippen molar-refractivity contribution in [3.8, 4) is 0 Å². The molecule has 148 valence electrons. The molecule has 1 N–H and O–H groups in total. The van der Waals surface area contributed by atoms with E-state index in [1.165, 1.54) is 5.56 Å². The molecule has 0 atom stereocenters. The predicted molar refractivity (Wildman–Crippen MR) is 104 cm³/mol. The molecule has 1 spiro atoms. The van der Waals surface area contributed by atoms with Crippen LogP contribution in [0.4, 0.5) is 0 Å². The van der Waals surface area contributed by atoms with Gasteiger partial charge in [-0.2, -0.15) is 5.10 Å². The van der Waals surface area contributed by atoms with Crippen LogP contribution in [-0.2, 0) is 29.1 Å². The zero-order valence-electron chi connectivity index (χ0n) is 16.4. The molecule has 7 heteroatoms. The number of benzene rings is 1. The molecule has 3 heterocycles. The number of nitrogens with zero attached hydrogens (tertiary/aromatic N) is 3. The number of ether oxygens (including phenoxy) is 1. The fourth-order valence-corrected chi connectivity index (χ4v) is 3.95. The van der Waals surface area contributed by atoms with Gasteiger partial charge in [-0.15, -0.1) is 0 Å². The van der Waals surface area contributed by atoms with Gasteiger partial charge in [-0.3, -0.25) is 14.3 Å². The number of nitrogens with one attached hydrogen (secondary N) is 1. The van der Waals surface area contributed by atoms with E-state index < -0.39 is 0 Å². The van der Waals surface area contributed by atoms with Crippen LogP contribution in [0.25, 0.3) is 0 Å². The van der Waals surface area contributed by atoms with Crippen molar-refractivity contribution >= 4 is 11.8 Å². The Bertz CT molecular complexity index is 880. The second-order valence-corrected chi connectivity index (χ2v) is 7.77. The normalized spacial score (nSPS) is 18.0. The Labute approximate surface area is 164 Å². The Morgan fingerprint density at radius 2 is 1.93 bits per heavy atom. The molecule has 4 rings (SSSR count). The summed E-state index contributed by atoms with van der Waals surface area (Å²) in [5.41, 5.74) is 3.28. The van der Waals surface area contributed by atoms with Crippen molar-refractivity contribution in [2.45, 2.75) is 44.9 Å². The number of carbonyl (C=O) groups is 2. The molecular formula is C21H26N4O3. The summed E-state index contributed by atoms with van der Waals surface area (Å²) in [7, 11) is 1.60. The maximum atomic E-state index is 12.7. The maximum Gasteiger partial charge on any atom is 0.271 e. The second kappa shape index (κ2) is 7.39. The van der Waals surface area contributed by atoms with Gasteiger partial charge in [-0.1, -0.05) is 29.8 Å². The molecule has 0 saturated carbocycles. The molecule has 0 radical (unpaired) electrons. The van der Waals surface area contributed by atoms with E-state index in [1.807, 2.05) is 40.8 Å². The molecular weight excluding hydrogens is 356 g/mol. The van der Waals surface area contributed by atoms with Crippen molar-refractivity contribution in [3.05, 3.63) is 52.8 Å². The Kier molecular flexibility index (Phi) is 4.93. The molecule has 1 aromatic heterocycles. The van der Waals surface area contributed by atoms with Crippen LogP contribution in [0.2, 0.25) is 0 Å². The van der Waals surface area contributed by atoms with E-state index in [1.54, 1.807) is 13.1 Å². The standard InChI is InChI=1S/C21H26N4O3/c1-15-3-5-16(6-4-15)11-19(26)24-9-7-21(8-10-24)14-25-17(13-28-21)12-18(23-25)20(27)22-2/h3-6,12H,7-11,13-14H2,1-2H3,(H,22,27). The van der Waals surface area contributed by atoms with Gasteiger partial charge in [0.1, 0.15) is 0 Å². The molecule has 1 aromatic carbocycles. The van der Waals surface area contributed by atoms with Gasteiger partial charge in [0.05, 0.1) is 30.9 Å². The number of piperidine rings is 1. The van der Waals surface area contributed by atoms with Crippen LogP contribution in [0.1, 0.15) is 40.2 Å². The highest BCUT2D eigenvalue weighted by molar-refractivity contribution is 5.92. The molecule has 2 aliphatic heterocycles. The quantitative estimate of drug-likeness (QED) is 0.876. The summed E-state index contributed by atoms with van der Waals surface area (Å²) in [4.78, 5) is 26.4. The number of carbonyl (C=O) groups excluding carboxylic acids is 2. The summed E-state index contributed by atoms with van der Waals surface area (Å²) < 4.78 is 8.08. The molecule has 2 aliphatic rings. The number of likely N-dealkylation sites (tertiary alicyclic amines) is 1. The van der Waals surface area contributed by atoms with Gasteiger partial charge in [0.15, 0.2) is 5.69 Å². The molecule has 1 saturated heterocycles. The topological polar surface area (TPSA) is 76.5 Å². The first-order valence-electron chi connectivity index (χ1n) is 9.74. The Hall–Kier alpha value is -2.67. The van der Waals surface area contributed by atoms with Crippen LogP contribution in [0.15, 0.2) is 30.3 Å². The second-order valence-electron chi connectivity index (χ2n) is 7.77. The van der Waals surface area contributed by atoms with Crippen LogP contribution in [-0.4, -0.2) is 52.2 Å². The summed E-state index contributed by atoms with van der Waals surface area (Å²) >= 11 is 0. The third-order valence-electron chi connectivity index (χ3n) is 5.79. The first kappa shape index (κ1) is 18.7. The van der Waals surface area contributed by atoms with Crippen LogP contribution < -0.4 is 5.32 Å². The minimum absolute atomic E-state index is 0.163. The van der Waals surface area contributed by atoms with E-state index in [0.717, 1.165) is 24.1 Å². The average Bonchev–Trinajstić information content (AvgIpc) is 3.12. The molecule has 2 amide bonds. The number of aromatic nitrogens is 2. The molecule has 0 aliphatic carbocycles. The molecule has 7 nitrogen and oxygen atoms in total. The van der Waals surface area contributed by atoms with Crippen LogP contribution in [0.5, 0.6) is 0 Å². The third-order valence-corrected chi connectivity index (χ3v) is 5.79. The van der Waals surface area contributed by atoms with Gasteiger partial charge in [0.2, 0.25) is 5.91 Å². The number of hydrogen-bond donors (Lipinski definition) is 1. The van der Waals surface area contributed by atoms with Crippen molar-refractivity contribution < 1.29 is 14.3 Å². The van der Waals surface area contributed by atoms with Gasteiger partial charge in [-0.05, 0) is 31.4 Å². The average molecular weight is 382 g/mol. The van der Waals surface area contributed by atoms with Crippen LogP contribution >= 0.6 is 0 Å². The Morgan fingerprint density at radius 3 is 2.61 bits per heavy atom. The SMILES string of the molecule is CNC(=O)c1cc2n(n1)CC1(CCN(C(=O)Cc3ccc(C)cc3)CC1)OC2. The highest BCUT2D eigenvalue weighted by Gasteiger charge is 2.40. The lowest BCUT2D eigenvalue weighted by Crippen LogP contribution is -2.52. The molecule has 0 bridgehead atoms. The maximum absolute atomic E-state index is 12.7. The van der Waals surface area contributed by atoms with E-state index in [-0.39, 0.29) is 17.4 Å². The first-order valence-corrected chi connectivity index (χ1v) is 9.74. The van der Waals surface area contributed by atoms with Gasteiger partial charge >= 0.3 is 0 Å². The highest BCUT2D eigenvalue weighted by Crippen LogP contribution is 2.33. The zero-order valence-corrected chi connectivity index (χ0v) is 16.4. The van der Waals surface area contributed by atoms with Crippen molar-refractivity contribution in [1.82, 2.24) is 20.0 Å². The van der Waals surface area contributed by atoms with E-state index >= 15 is 0 Å². The van der Waals surface area contributed by atoms with Crippen molar-refractivity contribution in [3.63, 3.8) is 0 Å². The number of hydrogen-bond acceptors (Lipinski definition) is 4. The van der Waals surface area contributed by atoms with Crippen LogP contribution in [0, 0.1) is 6.92 Å². The van der Waals surface area contributed by atoms with E-state index in [9.17, 15) is 9.59 Å². The summed E-state index contributed by atoms with van der Waals surface area (Å²) in [5.74, 6) is -0.0244. The van der Waals surface area contributed by atoms with Gasteiger partial charge in [0, 0.05) is 20.1 Å². The lowest BCUT2D eigenvalue weighted by atomic mass is 9.89. The third kappa shape index (κ3) is 3.67. The Morgan fingerprint density at radius 1 is 1.21 bits per heavy atom. The predicted octanol–water partition coefficient (Wildman–Crippen LogP) is 1.69. The summed E-state index contributed by atoms with van der Waals surface area (Å²) in [6.07, 6.45) is 2.00. The van der Waals surface area contributed by atoms with Crippen molar-refractivity contribution in [1.29, 1.82) is 0 Å². The zero-order chi connectivity index (χ0) is 19.7. The molecule has 28 heavy (non-hydrogen) atoms. The largest absolute Gasteiger partial charge is 0.367 e. The van der Waals surface area contributed by atoms with Gasteiger partial charge in [0.25, 0.3) is 5.91 Å². The molecule has 2 aromatic rings. The van der Waals surface area contributed by atoms with Gasteiger partial charge in [-0.25, -0.2) is 0 Å². The minimum Gasteiger partial charge on any atom is -0.367 e. The highest BCUT2D eigenvalue weighted by atomic mass is 16.5. The lowest BCUT2D eigenvalue weighted by Gasteiger charge is -2.43. The van der Waals surface area contributed by atoms with Crippen molar-refractivity contribution in [2.75, 3.05) is 20.1 Å². The first-order chi connectivity index (χ1) is 13.5. The molecule has 0 unspecified atom stereocenters. The molecule has 1 fully saturated rings. The smallest absolute Gasteiger partial charge is 0.271 e. The van der Waals surface area contributed by atoms with Crippen LogP contribution in [0.3, 0.4) is 0 Å². The van der Waals surface area contributed by atoms with E-state index in [2.05, 4.69) is 10.4 Å². The Balaban J connectivity index is 1.37. The number of rotatable bonds is 3.